The van der Waals surface area contributed by atoms with E-state index in [1.165, 1.54) is 12.1 Å². The van der Waals surface area contributed by atoms with Crippen molar-refractivity contribution in [3.63, 3.8) is 0 Å². The lowest BCUT2D eigenvalue weighted by atomic mass is 10.1. The van der Waals surface area contributed by atoms with Crippen molar-refractivity contribution in [2.75, 3.05) is 16.8 Å². The molecule has 0 saturated carbocycles. The van der Waals surface area contributed by atoms with Crippen molar-refractivity contribution in [2.45, 2.75) is 32.4 Å². The van der Waals surface area contributed by atoms with Gasteiger partial charge in [0, 0.05) is 23.8 Å². The van der Waals surface area contributed by atoms with Crippen LogP contribution in [0.5, 0.6) is 0 Å². The SMILES string of the molecule is CC(C)N(CCC#N)c1cc2c(cc1F)C(O)C(=O)N2. The van der Waals surface area contributed by atoms with E-state index < -0.39 is 17.8 Å². The highest BCUT2D eigenvalue weighted by Crippen LogP contribution is 2.36. The summed E-state index contributed by atoms with van der Waals surface area (Å²) in [5.74, 6) is -1.06. The summed E-state index contributed by atoms with van der Waals surface area (Å²) in [7, 11) is 0. The molecule has 1 aromatic carbocycles. The molecule has 1 unspecified atom stereocenters. The lowest BCUT2D eigenvalue weighted by Crippen LogP contribution is -2.32. The number of hydrogen-bond acceptors (Lipinski definition) is 4. The third-order valence-electron chi connectivity index (χ3n) is 3.32. The van der Waals surface area contributed by atoms with Crippen LogP contribution < -0.4 is 10.2 Å². The minimum Gasteiger partial charge on any atom is -0.378 e. The summed E-state index contributed by atoms with van der Waals surface area (Å²) in [5.41, 5.74) is 0.991. The first-order valence-corrected chi connectivity index (χ1v) is 6.41. The number of amides is 1. The quantitative estimate of drug-likeness (QED) is 0.881. The first kappa shape index (κ1) is 14.3. The maximum Gasteiger partial charge on any atom is 0.257 e. The van der Waals surface area contributed by atoms with Crippen molar-refractivity contribution in [3.05, 3.63) is 23.5 Å². The minimum atomic E-state index is -1.32. The number of halogens is 1. The maximum absolute atomic E-state index is 14.2. The highest BCUT2D eigenvalue weighted by Gasteiger charge is 2.31. The predicted octanol–water partition coefficient (Wildman–Crippen LogP) is 1.94. The van der Waals surface area contributed by atoms with Gasteiger partial charge >= 0.3 is 0 Å². The first-order valence-electron chi connectivity index (χ1n) is 6.41. The van der Waals surface area contributed by atoms with E-state index in [2.05, 4.69) is 5.32 Å². The van der Waals surface area contributed by atoms with Crippen LogP contribution >= 0.6 is 0 Å². The van der Waals surface area contributed by atoms with Gasteiger partial charge in [-0.3, -0.25) is 4.79 Å². The molecule has 0 radical (unpaired) electrons. The number of carbonyl (C=O) groups excluding carboxylic acids is 1. The van der Waals surface area contributed by atoms with Crippen LogP contribution in [0, 0.1) is 17.1 Å². The fraction of sp³-hybridized carbons (Fsp3) is 0.429. The monoisotopic (exact) mass is 277 g/mol. The molecule has 1 atom stereocenters. The second kappa shape index (κ2) is 5.47. The average Bonchev–Trinajstić information content (AvgIpc) is 2.66. The molecule has 20 heavy (non-hydrogen) atoms. The predicted molar refractivity (Wildman–Crippen MR) is 72.7 cm³/mol. The van der Waals surface area contributed by atoms with Gasteiger partial charge in [0.2, 0.25) is 0 Å². The lowest BCUT2D eigenvalue weighted by Gasteiger charge is -2.29. The lowest BCUT2D eigenvalue weighted by molar-refractivity contribution is -0.123. The van der Waals surface area contributed by atoms with Gasteiger partial charge < -0.3 is 15.3 Å². The number of carbonyl (C=O) groups is 1. The summed E-state index contributed by atoms with van der Waals surface area (Å²) in [5, 5.41) is 20.8. The van der Waals surface area contributed by atoms with Crippen molar-refractivity contribution in [2.24, 2.45) is 0 Å². The van der Waals surface area contributed by atoms with Crippen LogP contribution in [-0.4, -0.2) is 23.6 Å². The van der Waals surface area contributed by atoms with Crippen molar-refractivity contribution < 1.29 is 14.3 Å². The molecule has 2 rings (SSSR count). The van der Waals surface area contributed by atoms with Crippen LogP contribution in [0.15, 0.2) is 12.1 Å². The zero-order chi connectivity index (χ0) is 14.9. The van der Waals surface area contributed by atoms with E-state index in [0.717, 1.165) is 0 Å². The largest absolute Gasteiger partial charge is 0.378 e. The molecule has 0 aliphatic carbocycles. The van der Waals surface area contributed by atoms with Crippen LogP contribution in [0.1, 0.15) is 31.9 Å². The van der Waals surface area contributed by atoms with Crippen molar-refractivity contribution >= 4 is 17.3 Å². The summed E-state index contributed by atoms with van der Waals surface area (Å²) >= 11 is 0. The van der Waals surface area contributed by atoms with Crippen molar-refractivity contribution in [1.29, 1.82) is 5.26 Å². The molecule has 1 heterocycles. The van der Waals surface area contributed by atoms with Crippen LogP contribution in [0.25, 0.3) is 0 Å². The number of rotatable bonds is 4. The molecule has 2 N–H and O–H groups in total. The Labute approximate surface area is 116 Å². The van der Waals surface area contributed by atoms with Crippen molar-refractivity contribution in [3.8, 4) is 6.07 Å². The summed E-state index contributed by atoms with van der Waals surface area (Å²) in [6.45, 7) is 4.20. The van der Waals surface area contributed by atoms with Gasteiger partial charge in [-0.2, -0.15) is 5.26 Å². The Kier molecular flexibility index (Phi) is 3.91. The molecule has 0 bridgehead atoms. The van der Waals surface area contributed by atoms with Crippen LogP contribution in [0.3, 0.4) is 0 Å². The molecule has 0 spiro atoms. The Bertz CT molecular complexity index is 581. The van der Waals surface area contributed by atoms with Gasteiger partial charge in [-0.1, -0.05) is 0 Å². The van der Waals surface area contributed by atoms with E-state index in [4.69, 9.17) is 5.26 Å². The van der Waals surface area contributed by atoms with Gasteiger partial charge in [0.1, 0.15) is 5.82 Å². The third kappa shape index (κ3) is 2.45. The topological polar surface area (TPSA) is 76.4 Å². The maximum atomic E-state index is 14.2. The Morgan fingerprint density at radius 1 is 1.55 bits per heavy atom. The molecular weight excluding hydrogens is 261 g/mol. The molecule has 6 heteroatoms. The molecule has 0 fully saturated rings. The van der Waals surface area contributed by atoms with Gasteiger partial charge in [0.25, 0.3) is 5.91 Å². The minimum absolute atomic E-state index is 0.0120. The van der Waals surface area contributed by atoms with E-state index in [0.29, 0.717) is 17.9 Å². The molecule has 0 aromatic heterocycles. The molecule has 1 aliphatic heterocycles. The van der Waals surface area contributed by atoms with Gasteiger partial charge in [-0.25, -0.2) is 4.39 Å². The number of nitrogens with zero attached hydrogens (tertiary/aromatic N) is 2. The number of nitrogens with one attached hydrogen (secondary N) is 1. The normalized spacial score (nSPS) is 16.8. The summed E-state index contributed by atoms with van der Waals surface area (Å²) in [6, 6.07) is 4.73. The Morgan fingerprint density at radius 2 is 2.25 bits per heavy atom. The highest BCUT2D eigenvalue weighted by molar-refractivity contribution is 6.02. The van der Waals surface area contributed by atoms with E-state index in [1.807, 2.05) is 19.9 Å². The number of nitriles is 1. The Balaban J connectivity index is 2.40. The zero-order valence-electron chi connectivity index (χ0n) is 11.4. The summed E-state index contributed by atoms with van der Waals surface area (Å²) in [4.78, 5) is 13.1. The van der Waals surface area contributed by atoms with Gasteiger partial charge in [0.15, 0.2) is 6.10 Å². The second-order valence-electron chi connectivity index (χ2n) is 4.98. The van der Waals surface area contributed by atoms with Crippen LogP contribution in [0.4, 0.5) is 15.8 Å². The average molecular weight is 277 g/mol. The van der Waals surface area contributed by atoms with Crippen LogP contribution in [-0.2, 0) is 4.79 Å². The first-order chi connectivity index (χ1) is 9.45. The van der Waals surface area contributed by atoms with Gasteiger partial charge in [-0.15, -0.1) is 0 Å². The van der Waals surface area contributed by atoms with E-state index in [9.17, 15) is 14.3 Å². The van der Waals surface area contributed by atoms with Gasteiger partial charge in [-0.05, 0) is 26.0 Å². The molecule has 1 aliphatic rings. The number of anilines is 2. The highest BCUT2D eigenvalue weighted by atomic mass is 19.1. The van der Waals surface area contributed by atoms with E-state index in [-0.39, 0.29) is 18.0 Å². The molecule has 106 valence electrons. The standard InChI is InChI=1S/C14H16FN3O2/c1-8(2)18(5-3-4-16)12-7-11-9(6-10(12)15)13(19)14(20)17-11/h6-8,13,19H,3,5H2,1-2H3,(H,17,20). The number of hydrogen-bond donors (Lipinski definition) is 2. The molecule has 1 aromatic rings. The molecule has 1 amide bonds. The Hall–Kier alpha value is -2.13. The summed E-state index contributed by atoms with van der Waals surface area (Å²) < 4.78 is 14.2. The number of benzene rings is 1. The summed E-state index contributed by atoms with van der Waals surface area (Å²) in [6.07, 6.45) is -1.04. The molecule has 0 saturated heterocycles. The smallest absolute Gasteiger partial charge is 0.257 e. The van der Waals surface area contributed by atoms with Gasteiger partial charge in [0.05, 0.1) is 18.2 Å². The van der Waals surface area contributed by atoms with E-state index in [1.54, 1.807) is 4.90 Å². The zero-order valence-corrected chi connectivity index (χ0v) is 11.4. The van der Waals surface area contributed by atoms with Crippen LogP contribution in [0.2, 0.25) is 0 Å². The molecule has 5 nitrogen and oxygen atoms in total. The fourth-order valence-corrected chi connectivity index (χ4v) is 2.30. The third-order valence-corrected chi connectivity index (χ3v) is 3.32. The second-order valence-corrected chi connectivity index (χ2v) is 4.98. The van der Waals surface area contributed by atoms with Crippen molar-refractivity contribution in [1.82, 2.24) is 0 Å². The van der Waals surface area contributed by atoms with E-state index >= 15 is 0 Å². The fourth-order valence-electron chi connectivity index (χ4n) is 2.30. The molecular formula is C14H16FN3O2. The number of aliphatic hydroxyl groups excluding tert-OH is 1. The number of aliphatic hydroxyl groups is 1. The number of fused-ring (bicyclic) bond motifs is 1. The Morgan fingerprint density at radius 3 is 2.85 bits per heavy atom.